The number of aryl methyl sites for hydroxylation is 1. The number of ether oxygens (including phenoxy) is 1. The Kier molecular flexibility index (Phi) is 4.01. The second-order valence-electron chi connectivity index (χ2n) is 6.26. The van der Waals surface area contributed by atoms with Gasteiger partial charge in [-0.3, -0.25) is 4.79 Å². The van der Waals surface area contributed by atoms with E-state index >= 15 is 0 Å². The van der Waals surface area contributed by atoms with E-state index in [1.165, 1.54) is 0 Å². The average molecular weight is 341 g/mol. The third-order valence-electron chi connectivity index (χ3n) is 4.55. The molecule has 1 aromatic carbocycles. The van der Waals surface area contributed by atoms with Crippen LogP contribution in [0, 0.1) is 6.92 Å². The number of aromatic nitrogens is 2. The summed E-state index contributed by atoms with van der Waals surface area (Å²) in [6.45, 7) is 3.30. The van der Waals surface area contributed by atoms with Crippen LogP contribution in [0.5, 0.6) is 0 Å². The number of nitrogens with zero attached hydrogens (tertiary/aromatic N) is 3. The third-order valence-corrected chi connectivity index (χ3v) is 4.55. The van der Waals surface area contributed by atoms with E-state index in [2.05, 4.69) is 10.1 Å². The predicted octanol–water partition coefficient (Wildman–Crippen LogP) is 2.90. The molecule has 0 N–H and O–H groups in total. The Morgan fingerprint density at radius 2 is 2.24 bits per heavy atom. The van der Waals surface area contributed by atoms with Crippen LogP contribution in [0.2, 0.25) is 0 Å². The highest BCUT2D eigenvalue weighted by Crippen LogP contribution is 2.31. The second-order valence-corrected chi connectivity index (χ2v) is 6.26. The fraction of sp³-hybridized carbons (Fsp3) is 0.389. The van der Waals surface area contributed by atoms with Crippen molar-refractivity contribution in [2.24, 2.45) is 0 Å². The number of hydrogen-bond acceptors (Lipinski definition) is 6. The summed E-state index contributed by atoms with van der Waals surface area (Å²) in [6.07, 6.45) is 0.799. The van der Waals surface area contributed by atoms with E-state index in [1.807, 2.05) is 24.3 Å². The Balaban J connectivity index is 1.61. The summed E-state index contributed by atoms with van der Waals surface area (Å²) in [6, 6.07) is 7.62. The average Bonchev–Trinajstić information content (AvgIpc) is 3.33. The van der Waals surface area contributed by atoms with Crippen LogP contribution >= 0.6 is 0 Å². The van der Waals surface area contributed by atoms with Gasteiger partial charge in [-0.1, -0.05) is 23.4 Å². The maximum atomic E-state index is 13.0. The van der Waals surface area contributed by atoms with E-state index in [-0.39, 0.29) is 11.8 Å². The van der Waals surface area contributed by atoms with Crippen molar-refractivity contribution in [1.82, 2.24) is 15.0 Å². The zero-order valence-corrected chi connectivity index (χ0v) is 14.2. The van der Waals surface area contributed by atoms with Gasteiger partial charge in [0.15, 0.2) is 11.6 Å². The Labute approximate surface area is 144 Å². The molecule has 1 saturated heterocycles. The molecule has 1 amide bonds. The summed E-state index contributed by atoms with van der Waals surface area (Å²) in [5.74, 6) is 1.50. The van der Waals surface area contributed by atoms with Gasteiger partial charge in [-0.25, -0.2) is 0 Å². The van der Waals surface area contributed by atoms with Crippen LogP contribution < -0.4 is 0 Å². The number of rotatable bonds is 4. The zero-order chi connectivity index (χ0) is 17.4. The number of furan rings is 1. The summed E-state index contributed by atoms with van der Waals surface area (Å²) >= 11 is 0. The van der Waals surface area contributed by atoms with Crippen LogP contribution in [-0.2, 0) is 11.3 Å². The molecule has 25 heavy (non-hydrogen) atoms. The monoisotopic (exact) mass is 341 g/mol. The molecule has 4 rings (SSSR count). The van der Waals surface area contributed by atoms with E-state index in [0.717, 1.165) is 17.4 Å². The van der Waals surface area contributed by atoms with Gasteiger partial charge in [0.1, 0.15) is 5.58 Å². The number of carbonyl (C=O) groups is 1. The van der Waals surface area contributed by atoms with Gasteiger partial charge in [-0.2, -0.15) is 4.98 Å². The van der Waals surface area contributed by atoms with Gasteiger partial charge >= 0.3 is 0 Å². The summed E-state index contributed by atoms with van der Waals surface area (Å²) in [5, 5.41) is 4.74. The van der Waals surface area contributed by atoms with Crippen LogP contribution in [0.15, 0.2) is 33.2 Å². The Bertz CT molecular complexity index is 914. The second kappa shape index (κ2) is 6.33. The van der Waals surface area contributed by atoms with Crippen molar-refractivity contribution in [3.05, 3.63) is 47.3 Å². The number of hydrogen-bond donors (Lipinski definition) is 0. The highest BCUT2D eigenvalue weighted by molar-refractivity contribution is 5.99. The van der Waals surface area contributed by atoms with Crippen molar-refractivity contribution in [2.45, 2.75) is 25.9 Å². The molecule has 3 aromatic rings. The zero-order valence-electron chi connectivity index (χ0n) is 14.2. The lowest BCUT2D eigenvalue weighted by molar-refractivity contribution is 0.0754. The van der Waals surface area contributed by atoms with E-state index in [1.54, 1.807) is 18.9 Å². The Morgan fingerprint density at radius 3 is 3.00 bits per heavy atom. The number of amides is 1. The SMILES string of the molecule is COCc1c(C(=O)N2CC[C@H](c3nc(C)no3)C2)oc2ccccc12. The number of methoxy groups -OCH3 is 1. The minimum atomic E-state index is -0.123. The summed E-state index contributed by atoms with van der Waals surface area (Å²) < 4.78 is 16.4. The first-order valence-corrected chi connectivity index (χ1v) is 8.26. The van der Waals surface area contributed by atoms with Gasteiger partial charge < -0.3 is 18.6 Å². The van der Waals surface area contributed by atoms with Gasteiger partial charge in [-0.15, -0.1) is 0 Å². The first-order chi connectivity index (χ1) is 12.2. The lowest BCUT2D eigenvalue weighted by Crippen LogP contribution is -2.29. The van der Waals surface area contributed by atoms with Gasteiger partial charge in [0, 0.05) is 31.1 Å². The normalized spacial score (nSPS) is 17.5. The molecular weight excluding hydrogens is 322 g/mol. The lowest BCUT2D eigenvalue weighted by atomic mass is 10.1. The molecule has 7 nitrogen and oxygen atoms in total. The smallest absolute Gasteiger partial charge is 0.290 e. The van der Waals surface area contributed by atoms with Crippen LogP contribution in [0.4, 0.5) is 0 Å². The largest absolute Gasteiger partial charge is 0.451 e. The van der Waals surface area contributed by atoms with Crippen LogP contribution in [-0.4, -0.2) is 41.1 Å². The van der Waals surface area contributed by atoms with E-state index < -0.39 is 0 Å². The third kappa shape index (κ3) is 2.80. The number of benzene rings is 1. The lowest BCUT2D eigenvalue weighted by Gasteiger charge is -2.15. The van der Waals surface area contributed by atoms with Gasteiger partial charge in [0.2, 0.25) is 5.89 Å². The van der Waals surface area contributed by atoms with Crippen LogP contribution in [0.3, 0.4) is 0 Å². The van der Waals surface area contributed by atoms with Crippen molar-refractivity contribution >= 4 is 16.9 Å². The number of likely N-dealkylation sites (tertiary alicyclic amines) is 1. The molecule has 0 spiro atoms. The topological polar surface area (TPSA) is 81.6 Å². The van der Waals surface area contributed by atoms with Crippen molar-refractivity contribution in [3.63, 3.8) is 0 Å². The Hall–Kier alpha value is -2.67. The molecule has 0 unspecified atom stereocenters. The minimum absolute atomic E-state index is 0.0698. The van der Waals surface area contributed by atoms with Crippen molar-refractivity contribution < 1.29 is 18.5 Å². The first-order valence-electron chi connectivity index (χ1n) is 8.26. The highest BCUT2D eigenvalue weighted by Gasteiger charge is 2.34. The van der Waals surface area contributed by atoms with E-state index in [0.29, 0.717) is 42.8 Å². The Morgan fingerprint density at radius 1 is 1.40 bits per heavy atom. The molecule has 1 aliphatic heterocycles. The summed E-state index contributed by atoms with van der Waals surface area (Å²) in [7, 11) is 1.61. The molecule has 7 heteroatoms. The van der Waals surface area contributed by atoms with Crippen molar-refractivity contribution in [3.8, 4) is 0 Å². The fourth-order valence-electron chi connectivity index (χ4n) is 3.33. The fourth-order valence-corrected chi connectivity index (χ4v) is 3.33. The predicted molar refractivity (Wildman–Crippen MR) is 89.2 cm³/mol. The first kappa shape index (κ1) is 15.8. The number of fused-ring (bicyclic) bond motifs is 1. The standard InChI is InChI=1S/C18H19N3O4/c1-11-19-17(25-20-11)12-7-8-21(9-12)18(22)16-14(10-23-2)13-5-3-4-6-15(13)24-16/h3-6,12H,7-10H2,1-2H3/t12-/m0/s1. The van der Waals surface area contributed by atoms with E-state index in [9.17, 15) is 4.79 Å². The van der Waals surface area contributed by atoms with Crippen molar-refractivity contribution in [1.29, 1.82) is 0 Å². The minimum Gasteiger partial charge on any atom is -0.451 e. The molecule has 0 aliphatic carbocycles. The van der Waals surface area contributed by atoms with Crippen LogP contribution in [0.25, 0.3) is 11.0 Å². The van der Waals surface area contributed by atoms with E-state index in [4.69, 9.17) is 13.7 Å². The molecule has 0 saturated carbocycles. The molecule has 0 radical (unpaired) electrons. The highest BCUT2D eigenvalue weighted by atomic mass is 16.5. The molecule has 2 aromatic heterocycles. The summed E-state index contributed by atoms with van der Waals surface area (Å²) in [4.78, 5) is 19.1. The number of carbonyl (C=O) groups excluding carboxylic acids is 1. The number of para-hydroxylation sites is 1. The molecule has 130 valence electrons. The quantitative estimate of drug-likeness (QED) is 0.726. The molecular formula is C18H19N3O4. The molecule has 1 atom stereocenters. The van der Waals surface area contributed by atoms with Gasteiger partial charge in [0.05, 0.1) is 12.5 Å². The molecule has 3 heterocycles. The van der Waals surface area contributed by atoms with Gasteiger partial charge in [-0.05, 0) is 19.4 Å². The molecule has 0 bridgehead atoms. The molecule has 1 fully saturated rings. The molecule has 1 aliphatic rings. The maximum absolute atomic E-state index is 13.0. The van der Waals surface area contributed by atoms with Crippen LogP contribution in [0.1, 0.15) is 40.2 Å². The maximum Gasteiger partial charge on any atom is 0.290 e. The van der Waals surface area contributed by atoms with Crippen molar-refractivity contribution in [2.75, 3.05) is 20.2 Å². The van der Waals surface area contributed by atoms with Gasteiger partial charge in [0.25, 0.3) is 5.91 Å². The summed E-state index contributed by atoms with van der Waals surface area (Å²) in [5.41, 5.74) is 1.49.